The lowest BCUT2D eigenvalue weighted by Crippen LogP contribution is -2.13. The molecule has 14 rings (SSSR count). The molecule has 0 saturated heterocycles. The van der Waals surface area contributed by atoms with Crippen molar-refractivity contribution in [2.75, 3.05) is 9.80 Å². The molecule has 0 fully saturated rings. The van der Waals surface area contributed by atoms with E-state index in [9.17, 15) is 0 Å². The zero-order chi connectivity index (χ0) is 49.0. The summed E-state index contributed by atoms with van der Waals surface area (Å²) < 4.78 is 4.96. The Hall–Kier alpha value is -9.48. The van der Waals surface area contributed by atoms with Gasteiger partial charge >= 0.3 is 0 Å². The lowest BCUT2D eigenvalue weighted by atomic mass is 9.96. The number of hydrogen-bond donors (Lipinski definition) is 0. The maximum Gasteiger partial charge on any atom is 0.0547 e. The molecule has 0 spiro atoms. The van der Waals surface area contributed by atoms with E-state index in [4.69, 9.17) is 0 Å². The zero-order valence-corrected chi connectivity index (χ0v) is 41.2. The van der Waals surface area contributed by atoms with Crippen molar-refractivity contribution in [3.05, 3.63) is 285 Å². The molecule has 4 heteroatoms. The lowest BCUT2D eigenvalue weighted by molar-refractivity contribution is 1.18. The minimum Gasteiger partial charge on any atom is -0.310 e. The highest BCUT2D eigenvalue weighted by Crippen LogP contribution is 2.46. The van der Waals surface area contributed by atoms with E-state index in [1.807, 2.05) is 11.3 Å². The molecule has 0 saturated carbocycles. The standard InChI is InChI=1S/C70H47N3S/c1-4-18-48(19-5-1)54-41-55(52-35-34-49-20-10-11-21-50(49)40-52)44-62(43-54)71(56-23-6-2-7-24-56)59-28-17-29-60(46-59)72(61-37-39-70-66(47-61)65-31-13-15-33-69(65)74-70)58-27-16-22-51(42-58)53-36-38-64-63-30-12-14-32-67(63)73(68(64)45-53)57-25-8-3-9-26-57/h1-47H. The molecule has 0 unspecified atom stereocenters. The van der Waals surface area contributed by atoms with Crippen LogP contribution in [0.5, 0.6) is 0 Å². The molecule has 0 aliphatic heterocycles. The number of thiophene rings is 1. The molecule has 12 aromatic carbocycles. The minimum absolute atomic E-state index is 1.05. The molecule has 0 bridgehead atoms. The Kier molecular flexibility index (Phi) is 10.7. The van der Waals surface area contributed by atoms with Crippen LogP contribution < -0.4 is 9.80 Å². The molecule has 0 N–H and O–H groups in total. The highest BCUT2D eigenvalue weighted by Gasteiger charge is 2.21. The third kappa shape index (κ3) is 7.77. The Bertz CT molecular complexity index is 4380. The molecule has 14 aromatic rings. The summed E-state index contributed by atoms with van der Waals surface area (Å²) in [4.78, 5) is 4.84. The fourth-order valence-electron chi connectivity index (χ4n) is 11.0. The molecule has 0 atom stereocenters. The second-order valence-electron chi connectivity index (χ2n) is 19.0. The molecule has 2 aromatic heterocycles. The van der Waals surface area contributed by atoms with Gasteiger partial charge in [0, 0.05) is 70.8 Å². The first-order valence-electron chi connectivity index (χ1n) is 25.2. The van der Waals surface area contributed by atoms with E-state index in [1.165, 1.54) is 63.9 Å². The number of benzene rings is 12. The summed E-state index contributed by atoms with van der Waals surface area (Å²) in [6.07, 6.45) is 0. The summed E-state index contributed by atoms with van der Waals surface area (Å²) in [5, 5.41) is 7.46. The van der Waals surface area contributed by atoms with E-state index in [0.717, 1.165) is 62.1 Å². The zero-order valence-electron chi connectivity index (χ0n) is 40.4. The number of para-hydroxylation sites is 3. The van der Waals surface area contributed by atoms with Crippen molar-refractivity contribution < 1.29 is 0 Å². The summed E-state index contributed by atoms with van der Waals surface area (Å²) in [7, 11) is 0. The monoisotopic (exact) mass is 961 g/mol. The van der Waals surface area contributed by atoms with Crippen LogP contribution in [0.4, 0.5) is 34.1 Å². The molecular formula is C70H47N3S. The van der Waals surface area contributed by atoms with Crippen molar-refractivity contribution in [2.24, 2.45) is 0 Å². The average Bonchev–Trinajstić information content (AvgIpc) is 4.03. The summed E-state index contributed by atoms with van der Waals surface area (Å²) in [5.41, 5.74) is 16.9. The number of fused-ring (bicyclic) bond motifs is 7. The summed E-state index contributed by atoms with van der Waals surface area (Å²) in [6.45, 7) is 0. The molecule has 74 heavy (non-hydrogen) atoms. The molecule has 0 aliphatic carbocycles. The van der Waals surface area contributed by atoms with E-state index in [0.29, 0.717) is 0 Å². The second kappa shape index (κ2) is 18.3. The number of nitrogens with zero attached hydrogens (tertiary/aromatic N) is 3. The minimum atomic E-state index is 1.05. The van der Waals surface area contributed by atoms with Gasteiger partial charge in [0.05, 0.1) is 11.0 Å². The quantitative estimate of drug-likeness (QED) is 0.135. The van der Waals surface area contributed by atoms with Crippen molar-refractivity contribution >= 4 is 98.2 Å². The summed E-state index contributed by atoms with van der Waals surface area (Å²) in [5.74, 6) is 0. The summed E-state index contributed by atoms with van der Waals surface area (Å²) >= 11 is 1.85. The van der Waals surface area contributed by atoms with E-state index in [-0.39, 0.29) is 0 Å². The van der Waals surface area contributed by atoms with Crippen LogP contribution in [-0.4, -0.2) is 4.57 Å². The van der Waals surface area contributed by atoms with Gasteiger partial charge < -0.3 is 14.4 Å². The second-order valence-corrected chi connectivity index (χ2v) is 20.1. The lowest BCUT2D eigenvalue weighted by Gasteiger charge is -2.30. The van der Waals surface area contributed by atoms with Gasteiger partial charge in [-0.25, -0.2) is 0 Å². The first-order valence-corrected chi connectivity index (χ1v) is 26.0. The topological polar surface area (TPSA) is 11.4 Å². The Morgan fingerprint density at radius 1 is 0.243 bits per heavy atom. The van der Waals surface area contributed by atoms with Crippen LogP contribution in [-0.2, 0) is 0 Å². The average molecular weight is 962 g/mol. The predicted octanol–water partition coefficient (Wildman–Crippen LogP) is 20.2. The normalized spacial score (nSPS) is 11.5. The van der Waals surface area contributed by atoms with E-state index >= 15 is 0 Å². The predicted molar refractivity (Wildman–Crippen MR) is 317 cm³/mol. The highest BCUT2D eigenvalue weighted by molar-refractivity contribution is 7.25. The maximum atomic E-state index is 2.43. The molecule has 0 radical (unpaired) electrons. The fraction of sp³-hybridized carbons (Fsp3) is 0. The number of rotatable bonds is 10. The Labute approximate surface area is 434 Å². The molecule has 3 nitrogen and oxygen atoms in total. The van der Waals surface area contributed by atoms with E-state index < -0.39 is 0 Å². The Morgan fingerprint density at radius 3 is 1.58 bits per heavy atom. The van der Waals surface area contributed by atoms with Gasteiger partial charge in [-0.1, -0.05) is 170 Å². The number of anilines is 6. The Balaban J connectivity index is 0.949. The van der Waals surface area contributed by atoms with Crippen LogP contribution in [0.3, 0.4) is 0 Å². The van der Waals surface area contributed by atoms with Gasteiger partial charge in [-0.3, -0.25) is 0 Å². The fourth-order valence-corrected chi connectivity index (χ4v) is 12.1. The van der Waals surface area contributed by atoms with Crippen molar-refractivity contribution in [1.29, 1.82) is 0 Å². The van der Waals surface area contributed by atoms with Gasteiger partial charge in [0.1, 0.15) is 0 Å². The third-order valence-corrected chi connectivity index (χ3v) is 15.6. The SMILES string of the molecule is c1ccc(-c2cc(-c3ccc4ccccc4c3)cc(N(c3ccccc3)c3cccc(N(c4cccc(-c5ccc6c7ccccc7n(-c7ccccc7)c6c5)c4)c4ccc5sc6ccccc6c5c4)c3)c2)cc1. The van der Waals surface area contributed by atoms with Crippen LogP contribution in [0, 0.1) is 0 Å². The van der Waals surface area contributed by atoms with Gasteiger partial charge in [0.15, 0.2) is 0 Å². The largest absolute Gasteiger partial charge is 0.310 e. The van der Waals surface area contributed by atoms with E-state index in [1.54, 1.807) is 0 Å². The van der Waals surface area contributed by atoms with Gasteiger partial charge in [0.2, 0.25) is 0 Å². The molecule has 348 valence electrons. The molecule has 0 amide bonds. The summed E-state index contributed by atoms with van der Waals surface area (Å²) in [6, 6.07) is 104. The maximum absolute atomic E-state index is 2.43. The first kappa shape index (κ1) is 43.3. The number of hydrogen-bond acceptors (Lipinski definition) is 3. The number of aromatic nitrogens is 1. The smallest absolute Gasteiger partial charge is 0.0547 e. The van der Waals surface area contributed by atoms with Gasteiger partial charge in [-0.15, -0.1) is 11.3 Å². The molecule has 0 aliphatic rings. The van der Waals surface area contributed by atoms with Crippen molar-refractivity contribution in [3.63, 3.8) is 0 Å². The van der Waals surface area contributed by atoms with Gasteiger partial charge in [-0.2, -0.15) is 0 Å². The van der Waals surface area contributed by atoms with Crippen LogP contribution in [0.1, 0.15) is 0 Å². The van der Waals surface area contributed by atoms with Gasteiger partial charge in [-0.05, 0) is 159 Å². The van der Waals surface area contributed by atoms with Crippen molar-refractivity contribution in [1.82, 2.24) is 4.57 Å². The Morgan fingerprint density at radius 2 is 0.770 bits per heavy atom. The van der Waals surface area contributed by atoms with E-state index in [2.05, 4.69) is 299 Å². The van der Waals surface area contributed by atoms with Crippen LogP contribution in [0.15, 0.2) is 285 Å². The molecular weight excluding hydrogens is 915 g/mol. The first-order chi connectivity index (χ1) is 36.7. The third-order valence-electron chi connectivity index (χ3n) is 14.5. The van der Waals surface area contributed by atoms with Crippen LogP contribution in [0.25, 0.3) is 91.8 Å². The van der Waals surface area contributed by atoms with Crippen LogP contribution >= 0.6 is 11.3 Å². The highest BCUT2D eigenvalue weighted by atomic mass is 32.1. The molecule has 2 heterocycles. The van der Waals surface area contributed by atoms with Gasteiger partial charge in [0.25, 0.3) is 0 Å². The van der Waals surface area contributed by atoms with Crippen LogP contribution in [0.2, 0.25) is 0 Å². The van der Waals surface area contributed by atoms with Crippen molar-refractivity contribution in [3.8, 4) is 39.1 Å². The van der Waals surface area contributed by atoms with Crippen molar-refractivity contribution in [2.45, 2.75) is 0 Å².